The van der Waals surface area contributed by atoms with Crippen LogP contribution in [0.15, 0.2) is 36.5 Å². The van der Waals surface area contributed by atoms with Crippen LogP contribution in [-0.4, -0.2) is 48.7 Å². The highest BCUT2D eigenvalue weighted by molar-refractivity contribution is 6.04. The SMILES string of the molecule is CCCCCC(=O)N1CCC(C)(c2cccc(C(=O)/C=C/N(C)C)c2)C(C)C1. The molecule has 2 rings (SSSR count). The van der Waals surface area contributed by atoms with Crippen molar-refractivity contribution in [2.75, 3.05) is 27.2 Å². The maximum Gasteiger partial charge on any atom is 0.222 e. The maximum atomic E-state index is 12.5. The molecule has 4 heteroatoms. The zero-order chi connectivity index (χ0) is 20.7. The molecule has 1 saturated heterocycles. The lowest BCUT2D eigenvalue weighted by Crippen LogP contribution is -2.49. The summed E-state index contributed by atoms with van der Waals surface area (Å²) >= 11 is 0. The number of piperidine rings is 1. The van der Waals surface area contributed by atoms with Gasteiger partial charge in [-0.15, -0.1) is 0 Å². The molecule has 0 spiro atoms. The first-order chi connectivity index (χ1) is 13.3. The van der Waals surface area contributed by atoms with E-state index in [0.717, 1.165) is 44.3 Å². The first kappa shape index (κ1) is 22.2. The molecule has 1 aromatic carbocycles. The molecule has 0 N–H and O–H groups in total. The van der Waals surface area contributed by atoms with E-state index in [4.69, 9.17) is 0 Å². The first-order valence-corrected chi connectivity index (χ1v) is 10.5. The number of benzene rings is 1. The largest absolute Gasteiger partial charge is 0.383 e. The number of likely N-dealkylation sites (tertiary alicyclic amines) is 1. The van der Waals surface area contributed by atoms with Crippen LogP contribution in [0.4, 0.5) is 0 Å². The van der Waals surface area contributed by atoms with E-state index >= 15 is 0 Å². The van der Waals surface area contributed by atoms with Crippen LogP contribution in [0.5, 0.6) is 0 Å². The molecule has 1 fully saturated rings. The third-order valence-corrected chi connectivity index (χ3v) is 6.16. The van der Waals surface area contributed by atoms with E-state index in [2.05, 4.69) is 26.8 Å². The van der Waals surface area contributed by atoms with Crippen LogP contribution in [-0.2, 0) is 10.2 Å². The Morgan fingerprint density at radius 2 is 2.04 bits per heavy atom. The van der Waals surface area contributed by atoms with Crippen molar-refractivity contribution in [3.63, 3.8) is 0 Å². The Bertz CT molecular complexity index is 710. The lowest BCUT2D eigenvalue weighted by molar-refractivity contribution is -0.134. The second kappa shape index (κ2) is 9.90. The van der Waals surface area contributed by atoms with E-state index in [1.54, 1.807) is 12.3 Å². The van der Waals surface area contributed by atoms with Crippen molar-refractivity contribution in [3.05, 3.63) is 47.7 Å². The second-order valence-electron chi connectivity index (χ2n) is 8.59. The molecule has 0 saturated carbocycles. The molecular formula is C24H36N2O2. The molecule has 1 aliphatic rings. The van der Waals surface area contributed by atoms with Crippen molar-refractivity contribution < 1.29 is 9.59 Å². The predicted molar refractivity (Wildman–Crippen MR) is 115 cm³/mol. The van der Waals surface area contributed by atoms with Crippen molar-refractivity contribution in [2.45, 2.75) is 58.3 Å². The Kier molecular flexibility index (Phi) is 7.85. The monoisotopic (exact) mass is 384 g/mol. The van der Waals surface area contributed by atoms with Gasteiger partial charge in [-0.25, -0.2) is 0 Å². The van der Waals surface area contributed by atoms with Gasteiger partial charge in [0.25, 0.3) is 0 Å². The fraction of sp³-hybridized carbons (Fsp3) is 0.583. The van der Waals surface area contributed by atoms with Crippen molar-refractivity contribution in [2.24, 2.45) is 5.92 Å². The summed E-state index contributed by atoms with van der Waals surface area (Å²) in [6.45, 7) is 8.25. The van der Waals surface area contributed by atoms with Crippen molar-refractivity contribution in [3.8, 4) is 0 Å². The fourth-order valence-electron chi connectivity index (χ4n) is 3.92. The van der Waals surface area contributed by atoms with Crippen molar-refractivity contribution >= 4 is 11.7 Å². The summed E-state index contributed by atoms with van der Waals surface area (Å²) in [5.41, 5.74) is 1.89. The minimum Gasteiger partial charge on any atom is -0.383 e. The standard InChI is InChI=1S/C24H36N2O2/c1-6-7-8-12-23(28)26-16-14-24(3,19(2)18-26)21-11-9-10-20(17-21)22(27)13-15-25(4)5/h9-11,13,15,17,19H,6-8,12,14,16,18H2,1-5H3/b15-13+. The van der Waals surface area contributed by atoms with Gasteiger partial charge in [-0.3, -0.25) is 9.59 Å². The minimum absolute atomic E-state index is 0.0235. The van der Waals surface area contributed by atoms with E-state index < -0.39 is 0 Å². The molecule has 0 radical (unpaired) electrons. The highest BCUT2D eigenvalue weighted by Gasteiger charge is 2.39. The van der Waals surface area contributed by atoms with Gasteiger partial charge in [-0.2, -0.15) is 0 Å². The van der Waals surface area contributed by atoms with Gasteiger partial charge in [-0.1, -0.05) is 51.8 Å². The van der Waals surface area contributed by atoms with Gasteiger partial charge in [0.1, 0.15) is 0 Å². The summed E-state index contributed by atoms with van der Waals surface area (Å²) in [6.07, 6.45) is 8.24. The van der Waals surface area contributed by atoms with Gasteiger partial charge in [0.05, 0.1) is 0 Å². The average molecular weight is 385 g/mol. The Balaban J connectivity index is 2.10. The second-order valence-corrected chi connectivity index (χ2v) is 8.59. The van der Waals surface area contributed by atoms with Crippen molar-refractivity contribution in [1.29, 1.82) is 0 Å². The highest BCUT2D eigenvalue weighted by atomic mass is 16.2. The quantitative estimate of drug-likeness (QED) is 0.372. The molecule has 1 amide bonds. The molecule has 154 valence electrons. The molecule has 28 heavy (non-hydrogen) atoms. The zero-order valence-electron chi connectivity index (χ0n) is 18.2. The molecule has 1 aliphatic heterocycles. The summed E-state index contributed by atoms with van der Waals surface area (Å²) < 4.78 is 0. The molecule has 2 unspecified atom stereocenters. The molecule has 0 bridgehead atoms. The number of hydrogen-bond donors (Lipinski definition) is 0. The van der Waals surface area contributed by atoms with Gasteiger partial charge in [0, 0.05) is 51.4 Å². The smallest absolute Gasteiger partial charge is 0.222 e. The molecule has 0 aliphatic carbocycles. The van der Waals surface area contributed by atoms with Gasteiger partial charge in [-0.05, 0) is 35.8 Å². The van der Waals surface area contributed by atoms with Crippen LogP contribution in [0, 0.1) is 5.92 Å². The molecule has 2 atom stereocenters. The lowest BCUT2D eigenvalue weighted by atomic mass is 9.67. The number of unbranched alkanes of at least 4 members (excludes halogenated alkanes) is 2. The van der Waals surface area contributed by atoms with E-state index in [9.17, 15) is 9.59 Å². The van der Waals surface area contributed by atoms with Gasteiger partial charge in [0.15, 0.2) is 5.78 Å². The molecule has 0 aromatic heterocycles. The van der Waals surface area contributed by atoms with Crippen LogP contribution in [0.1, 0.15) is 68.8 Å². The number of amides is 1. The fourth-order valence-corrected chi connectivity index (χ4v) is 3.92. The molecule has 4 nitrogen and oxygen atoms in total. The maximum absolute atomic E-state index is 12.5. The van der Waals surface area contributed by atoms with Crippen LogP contribution in [0.25, 0.3) is 0 Å². The number of carbonyl (C=O) groups excluding carboxylic acids is 2. The Morgan fingerprint density at radius 1 is 1.29 bits per heavy atom. The summed E-state index contributed by atoms with van der Waals surface area (Å²) in [6, 6.07) is 8.03. The topological polar surface area (TPSA) is 40.6 Å². The predicted octanol–water partition coefficient (Wildman–Crippen LogP) is 4.65. The third-order valence-electron chi connectivity index (χ3n) is 6.16. The Labute approximate surface area is 170 Å². The van der Waals surface area contributed by atoms with Gasteiger partial charge >= 0.3 is 0 Å². The molecular weight excluding hydrogens is 348 g/mol. The van der Waals surface area contributed by atoms with Gasteiger partial charge in [0.2, 0.25) is 5.91 Å². The number of allylic oxidation sites excluding steroid dienone is 1. The highest BCUT2D eigenvalue weighted by Crippen LogP contribution is 2.39. The summed E-state index contributed by atoms with van der Waals surface area (Å²) in [4.78, 5) is 28.9. The Morgan fingerprint density at radius 3 is 2.68 bits per heavy atom. The third kappa shape index (κ3) is 5.46. The molecule has 1 aromatic rings. The zero-order valence-corrected chi connectivity index (χ0v) is 18.2. The minimum atomic E-state index is -0.0260. The summed E-state index contributed by atoms with van der Waals surface area (Å²) in [5, 5.41) is 0. The van der Waals surface area contributed by atoms with Crippen LogP contribution in [0.3, 0.4) is 0 Å². The van der Waals surface area contributed by atoms with E-state index in [0.29, 0.717) is 18.2 Å². The number of nitrogens with zero attached hydrogens (tertiary/aromatic N) is 2. The van der Waals surface area contributed by atoms with Gasteiger partial charge < -0.3 is 9.80 Å². The number of rotatable bonds is 8. The lowest BCUT2D eigenvalue weighted by Gasteiger charge is -2.45. The van der Waals surface area contributed by atoms with Crippen molar-refractivity contribution in [1.82, 2.24) is 9.80 Å². The average Bonchev–Trinajstić information content (AvgIpc) is 2.68. The number of hydrogen-bond acceptors (Lipinski definition) is 3. The van der Waals surface area contributed by atoms with E-state index in [-0.39, 0.29) is 11.2 Å². The van der Waals surface area contributed by atoms with E-state index in [1.807, 2.05) is 42.1 Å². The first-order valence-electron chi connectivity index (χ1n) is 10.5. The number of ketones is 1. The van der Waals surface area contributed by atoms with Crippen LogP contribution < -0.4 is 0 Å². The summed E-state index contributed by atoms with van der Waals surface area (Å²) in [5.74, 6) is 0.662. The number of carbonyl (C=O) groups is 2. The summed E-state index contributed by atoms with van der Waals surface area (Å²) in [7, 11) is 3.81. The van der Waals surface area contributed by atoms with E-state index in [1.165, 1.54) is 5.56 Å². The molecule has 1 heterocycles. The normalized spacial score (nSPS) is 22.5. The Hall–Kier alpha value is -2.10. The van der Waals surface area contributed by atoms with Crippen LogP contribution in [0.2, 0.25) is 0 Å². The van der Waals surface area contributed by atoms with Crippen LogP contribution >= 0.6 is 0 Å².